The number of anilines is 1. The fourth-order valence-electron chi connectivity index (χ4n) is 2.14. The van der Waals surface area contributed by atoms with Crippen LogP contribution < -0.4 is 13.8 Å². The molecular weight excluding hydrogens is 382 g/mol. The van der Waals surface area contributed by atoms with Gasteiger partial charge in [0.25, 0.3) is 10.0 Å². The molecule has 124 valence electrons. The van der Waals surface area contributed by atoms with Crippen molar-refractivity contribution < 1.29 is 17.9 Å². The fraction of sp³-hybridized carbons (Fsp3) is 0.250. The molecule has 0 heterocycles. The Labute approximate surface area is 145 Å². The van der Waals surface area contributed by atoms with Gasteiger partial charge in [-0.25, -0.2) is 8.42 Å². The summed E-state index contributed by atoms with van der Waals surface area (Å²) in [5.74, 6) is 1.06. The molecule has 5 nitrogen and oxygen atoms in total. The summed E-state index contributed by atoms with van der Waals surface area (Å²) in [4.78, 5) is 0.163. The van der Waals surface area contributed by atoms with Crippen LogP contribution in [0.5, 0.6) is 11.5 Å². The van der Waals surface area contributed by atoms with Crippen LogP contribution in [-0.4, -0.2) is 29.7 Å². The van der Waals surface area contributed by atoms with Gasteiger partial charge in [-0.3, -0.25) is 4.31 Å². The first-order chi connectivity index (χ1) is 10.8. The topological polar surface area (TPSA) is 55.8 Å². The molecule has 0 aliphatic heterocycles. The molecule has 0 spiro atoms. The molecule has 7 heteroatoms. The fourth-order valence-corrected chi connectivity index (χ4v) is 4.06. The van der Waals surface area contributed by atoms with Crippen LogP contribution >= 0.6 is 15.9 Å². The average Bonchev–Trinajstić information content (AvgIpc) is 2.53. The summed E-state index contributed by atoms with van der Waals surface area (Å²) in [5.41, 5.74) is 1.43. The van der Waals surface area contributed by atoms with Gasteiger partial charge >= 0.3 is 0 Å². The van der Waals surface area contributed by atoms with E-state index in [4.69, 9.17) is 9.47 Å². The van der Waals surface area contributed by atoms with Crippen molar-refractivity contribution in [2.45, 2.75) is 11.8 Å². The number of hydrogen-bond acceptors (Lipinski definition) is 4. The lowest BCUT2D eigenvalue weighted by molar-refractivity contribution is 0.411. The number of ether oxygens (including phenoxy) is 2. The summed E-state index contributed by atoms with van der Waals surface area (Å²) in [5, 5.41) is 0. The van der Waals surface area contributed by atoms with E-state index in [0.29, 0.717) is 21.7 Å². The van der Waals surface area contributed by atoms with Gasteiger partial charge in [0.15, 0.2) is 0 Å². The van der Waals surface area contributed by atoms with Crippen LogP contribution in [0.3, 0.4) is 0 Å². The van der Waals surface area contributed by atoms with Crippen LogP contribution in [0.1, 0.15) is 5.56 Å². The lowest BCUT2D eigenvalue weighted by Crippen LogP contribution is -2.27. The third-order valence-electron chi connectivity index (χ3n) is 3.46. The number of aryl methyl sites for hydroxylation is 1. The number of benzene rings is 2. The second-order valence-electron chi connectivity index (χ2n) is 4.94. The minimum atomic E-state index is -3.72. The summed E-state index contributed by atoms with van der Waals surface area (Å²) >= 11 is 3.31. The summed E-state index contributed by atoms with van der Waals surface area (Å²) in [6, 6.07) is 10.0. The smallest absolute Gasteiger partial charge is 0.264 e. The van der Waals surface area contributed by atoms with Gasteiger partial charge in [0.05, 0.1) is 29.3 Å². The minimum absolute atomic E-state index is 0.163. The van der Waals surface area contributed by atoms with Gasteiger partial charge in [-0.2, -0.15) is 0 Å². The zero-order valence-corrected chi connectivity index (χ0v) is 15.7. The first kappa shape index (κ1) is 17.6. The number of halogens is 1. The molecule has 0 fully saturated rings. The van der Waals surface area contributed by atoms with Crippen molar-refractivity contribution in [2.24, 2.45) is 0 Å². The first-order valence-electron chi connectivity index (χ1n) is 6.78. The van der Waals surface area contributed by atoms with Crippen LogP contribution in [0.25, 0.3) is 0 Å². The highest BCUT2D eigenvalue weighted by Gasteiger charge is 2.24. The molecular formula is C16H18BrNO4S. The van der Waals surface area contributed by atoms with Crippen LogP contribution in [0.15, 0.2) is 45.8 Å². The van der Waals surface area contributed by atoms with Crippen molar-refractivity contribution >= 4 is 31.6 Å². The van der Waals surface area contributed by atoms with Crippen molar-refractivity contribution in [1.29, 1.82) is 0 Å². The third kappa shape index (κ3) is 3.45. The standard InChI is InChI=1S/C16H18BrNO4S/c1-11-5-7-16(22-4)14(9-11)18(2)23(19,20)12-6-8-15(21-3)13(17)10-12/h5-10H,1-4H3. The van der Waals surface area contributed by atoms with Gasteiger partial charge < -0.3 is 9.47 Å². The monoisotopic (exact) mass is 399 g/mol. The number of hydrogen-bond donors (Lipinski definition) is 0. The average molecular weight is 400 g/mol. The van der Waals surface area contributed by atoms with Crippen LogP contribution in [0.4, 0.5) is 5.69 Å². The molecule has 0 radical (unpaired) electrons. The Balaban J connectivity index is 2.51. The molecule has 0 amide bonds. The molecule has 0 aliphatic carbocycles. The molecule has 0 atom stereocenters. The van der Waals surface area contributed by atoms with Gasteiger partial charge in [0.2, 0.25) is 0 Å². The quantitative estimate of drug-likeness (QED) is 0.770. The highest BCUT2D eigenvalue weighted by Crippen LogP contribution is 2.34. The van der Waals surface area contributed by atoms with Crippen LogP contribution in [0, 0.1) is 6.92 Å². The van der Waals surface area contributed by atoms with Gasteiger partial charge in [-0.05, 0) is 58.7 Å². The Kier molecular flexibility index (Phi) is 5.21. The normalized spacial score (nSPS) is 11.2. The summed E-state index contributed by atoms with van der Waals surface area (Å²) in [7, 11) is 0.822. The number of rotatable bonds is 5. The zero-order chi connectivity index (χ0) is 17.2. The highest BCUT2D eigenvalue weighted by molar-refractivity contribution is 9.10. The predicted molar refractivity (Wildman–Crippen MR) is 94.0 cm³/mol. The molecule has 0 unspecified atom stereocenters. The molecule has 2 aromatic rings. The maximum absolute atomic E-state index is 12.9. The maximum atomic E-state index is 12.9. The minimum Gasteiger partial charge on any atom is -0.496 e. The van der Waals surface area contributed by atoms with Crippen molar-refractivity contribution in [3.63, 3.8) is 0 Å². The second-order valence-corrected chi connectivity index (χ2v) is 7.77. The summed E-state index contributed by atoms with van der Waals surface area (Å²) in [6.45, 7) is 1.90. The molecule has 0 N–H and O–H groups in total. The zero-order valence-electron chi connectivity index (χ0n) is 13.3. The first-order valence-corrected chi connectivity index (χ1v) is 9.01. The molecule has 0 aliphatic rings. The van der Waals surface area contributed by atoms with E-state index in [-0.39, 0.29) is 4.90 Å². The lowest BCUT2D eigenvalue weighted by atomic mass is 10.2. The molecule has 0 aromatic heterocycles. The van der Waals surface area contributed by atoms with Gasteiger partial charge in [0, 0.05) is 7.05 Å². The molecule has 2 rings (SSSR count). The van der Waals surface area contributed by atoms with Crippen molar-refractivity contribution in [3.8, 4) is 11.5 Å². The second kappa shape index (κ2) is 6.80. The van der Waals surface area contributed by atoms with E-state index in [1.54, 1.807) is 18.2 Å². The SMILES string of the molecule is COc1ccc(S(=O)(=O)N(C)c2cc(C)ccc2OC)cc1Br. The van der Waals surface area contributed by atoms with E-state index in [1.807, 2.05) is 13.0 Å². The summed E-state index contributed by atoms with van der Waals surface area (Å²) < 4.78 is 37.9. The van der Waals surface area contributed by atoms with E-state index in [9.17, 15) is 8.42 Å². The highest BCUT2D eigenvalue weighted by atomic mass is 79.9. The van der Waals surface area contributed by atoms with Gasteiger partial charge in [-0.15, -0.1) is 0 Å². The largest absolute Gasteiger partial charge is 0.496 e. The van der Waals surface area contributed by atoms with E-state index in [1.165, 1.54) is 37.7 Å². The van der Waals surface area contributed by atoms with E-state index in [2.05, 4.69) is 15.9 Å². The number of methoxy groups -OCH3 is 2. The van der Waals surface area contributed by atoms with E-state index >= 15 is 0 Å². The Hall–Kier alpha value is -1.73. The Morgan fingerprint density at radius 2 is 1.61 bits per heavy atom. The Morgan fingerprint density at radius 1 is 1.00 bits per heavy atom. The predicted octanol–water partition coefficient (Wildman–Crippen LogP) is 3.60. The van der Waals surface area contributed by atoms with Gasteiger partial charge in [0.1, 0.15) is 11.5 Å². The van der Waals surface area contributed by atoms with Gasteiger partial charge in [-0.1, -0.05) is 6.07 Å². The van der Waals surface area contributed by atoms with E-state index < -0.39 is 10.0 Å². The van der Waals surface area contributed by atoms with Crippen molar-refractivity contribution in [3.05, 3.63) is 46.4 Å². The number of nitrogens with zero attached hydrogens (tertiary/aromatic N) is 1. The van der Waals surface area contributed by atoms with Crippen LogP contribution in [0.2, 0.25) is 0 Å². The summed E-state index contributed by atoms with van der Waals surface area (Å²) in [6.07, 6.45) is 0. The van der Waals surface area contributed by atoms with E-state index in [0.717, 1.165) is 5.56 Å². The van der Waals surface area contributed by atoms with Crippen molar-refractivity contribution in [2.75, 3.05) is 25.6 Å². The lowest BCUT2D eigenvalue weighted by Gasteiger charge is -2.22. The molecule has 0 saturated carbocycles. The molecule has 23 heavy (non-hydrogen) atoms. The molecule has 0 saturated heterocycles. The van der Waals surface area contributed by atoms with Crippen LogP contribution in [-0.2, 0) is 10.0 Å². The maximum Gasteiger partial charge on any atom is 0.264 e. The van der Waals surface area contributed by atoms with Crippen molar-refractivity contribution in [1.82, 2.24) is 0 Å². The Morgan fingerprint density at radius 3 is 2.17 bits per heavy atom. The molecule has 2 aromatic carbocycles. The third-order valence-corrected chi connectivity index (χ3v) is 5.84. The molecule has 0 bridgehead atoms. The number of sulfonamides is 1. The Bertz CT molecular complexity index is 821.